The minimum atomic E-state index is -1.12. The summed E-state index contributed by atoms with van der Waals surface area (Å²) in [5.41, 5.74) is 0.858. The third-order valence-corrected chi connectivity index (χ3v) is 2.64. The molecule has 0 saturated carbocycles. The number of halogens is 1. The van der Waals surface area contributed by atoms with E-state index in [2.05, 4.69) is 4.84 Å². The molecule has 1 rings (SSSR count). The number of benzene rings is 1. The fourth-order valence-electron chi connectivity index (χ4n) is 1.36. The first kappa shape index (κ1) is 14.7. The second-order valence-electron chi connectivity index (χ2n) is 4.19. The highest BCUT2D eigenvalue weighted by Crippen LogP contribution is 2.06. The van der Waals surface area contributed by atoms with Gasteiger partial charge in [0.1, 0.15) is 6.61 Å². The van der Waals surface area contributed by atoms with Crippen LogP contribution in [0.1, 0.15) is 19.4 Å². The summed E-state index contributed by atoms with van der Waals surface area (Å²) in [6, 6.07) is 8.12. The van der Waals surface area contributed by atoms with E-state index < -0.39 is 12.0 Å². The molecule has 0 spiro atoms. The minimum absolute atomic E-state index is 0.125. The topological polar surface area (TPSA) is 55.4 Å². The number of Topliss-reactive ketones (excluding diaryl/α,β-unsaturated/α-hetero) is 1. The largest absolute Gasteiger partial charge is 0.459 e. The van der Waals surface area contributed by atoms with Crippen LogP contribution in [0.2, 0.25) is 0 Å². The Bertz CT molecular complexity index is 406. The molecule has 4 nitrogen and oxygen atoms in total. The first-order valence-corrected chi connectivity index (χ1v) is 6.04. The lowest BCUT2D eigenvalue weighted by molar-refractivity contribution is -0.150. The Morgan fingerprint density at radius 1 is 1.28 bits per heavy atom. The van der Waals surface area contributed by atoms with Gasteiger partial charge in [-0.3, -0.25) is 4.79 Å². The predicted molar refractivity (Wildman–Crippen MR) is 68.9 cm³/mol. The monoisotopic (exact) mass is 269 g/mol. The van der Waals surface area contributed by atoms with Crippen molar-refractivity contribution in [2.75, 3.05) is 0 Å². The van der Waals surface area contributed by atoms with Gasteiger partial charge in [-0.15, -0.1) is 0 Å². The van der Waals surface area contributed by atoms with Crippen molar-refractivity contribution in [1.29, 1.82) is 0 Å². The molecule has 0 radical (unpaired) electrons. The van der Waals surface area contributed by atoms with Gasteiger partial charge in [0.15, 0.2) is 11.8 Å². The summed E-state index contributed by atoms with van der Waals surface area (Å²) in [5.74, 6) is -1.24. The van der Waals surface area contributed by atoms with E-state index in [-0.39, 0.29) is 18.3 Å². The van der Waals surface area contributed by atoms with Gasteiger partial charge in [-0.05, 0) is 17.3 Å². The lowest BCUT2D eigenvalue weighted by atomic mass is 10.0. The van der Waals surface area contributed by atoms with Gasteiger partial charge in [0, 0.05) is 5.92 Å². The molecule has 0 heterocycles. The van der Waals surface area contributed by atoms with Crippen LogP contribution in [0.3, 0.4) is 0 Å². The van der Waals surface area contributed by atoms with E-state index in [0.717, 1.165) is 5.56 Å². The first-order valence-electron chi connectivity index (χ1n) is 5.66. The fraction of sp³-hybridized carbons (Fsp3) is 0.385. The van der Waals surface area contributed by atoms with Crippen LogP contribution < -0.4 is 4.84 Å². The highest BCUT2D eigenvalue weighted by molar-refractivity contribution is 6.18. The molecule has 0 aromatic heterocycles. The van der Waals surface area contributed by atoms with Crippen LogP contribution in [-0.4, -0.2) is 17.8 Å². The third-order valence-electron chi connectivity index (χ3n) is 2.42. The quantitative estimate of drug-likeness (QED) is 0.488. The molecule has 5 heteroatoms. The molecule has 1 unspecified atom stereocenters. The van der Waals surface area contributed by atoms with Gasteiger partial charge in [0.05, 0.1) is 0 Å². The van der Waals surface area contributed by atoms with Gasteiger partial charge < -0.3 is 4.74 Å². The first-order chi connectivity index (χ1) is 8.56. The SMILES string of the molecule is CC(C)C(=O)C(NCl)C(=O)OCc1ccccc1. The number of ether oxygens (including phenoxy) is 1. The van der Waals surface area contributed by atoms with Crippen molar-refractivity contribution in [1.82, 2.24) is 4.84 Å². The Hall–Kier alpha value is -1.39. The summed E-state index contributed by atoms with van der Waals surface area (Å²) in [5, 5.41) is 0. The normalized spacial score (nSPS) is 12.2. The molecule has 1 atom stereocenters. The highest BCUT2D eigenvalue weighted by Gasteiger charge is 2.29. The maximum absolute atomic E-state index is 11.7. The number of carbonyl (C=O) groups is 2. The smallest absolute Gasteiger partial charge is 0.332 e. The molecule has 0 bridgehead atoms. The van der Waals surface area contributed by atoms with Crippen molar-refractivity contribution in [2.45, 2.75) is 26.5 Å². The van der Waals surface area contributed by atoms with Gasteiger partial charge in [-0.1, -0.05) is 44.2 Å². The lowest BCUT2D eigenvalue weighted by Gasteiger charge is -2.14. The van der Waals surface area contributed by atoms with E-state index in [4.69, 9.17) is 16.5 Å². The van der Waals surface area contributed by atoms with Crippen molar-refractivity contribution in [2.24, 2.45) is 5.92 Å². The maximum Gasteiger partial charge on any atom is 0.332 e. The maximum atomic E-state index is 11.7. The molecule has 0 aliphatic carbocycles. The standard InChI is InChI=1S/C13H16ClNO3/c1-9(2)12(16)11(15-14)13(17)18-8-10-6-4-3-5-7-10/h3-7,9,11,15H,8H2,1-2H3. The predicted octanol–water partition coefficient (Wildman–Crippen LogP) is 2.07. The fourth-order valence-corrected chi connectivity index (χ4v) is 1.56. The molecule has 0 saturated heterocycles. The van der Waals surface area contributed by atoms with Crippen LogP contribution in [0.4, 0.5) is 0 Å². The Kier molecular flexibility index (Phi) is 5.82. The molecule has 0 amide bonds. The third kappa shape index (κ3) is 4.13. The van der Waals surface area contributed by atoms with Crippen LogP contribution in [0.15, 0.2) is 30.3 Å². The van der Waals surface area contributed by atoms with Gasteiger partial charge in [-0.25, -0.2) is 9.63 Å². The van der Waals surface area contributed by atoms with Gasteiger partial charge in [0.2, 0.25) is 0 Å². The van der Waals surface area contributed by atoms with Crippen LogP contribution >= 0.6 is 11.8 Å². The number of hydrogen-bond donors (Lipinski definition) is 1. The number of esters is 1. The van der Waals surface area contributed by atoms with Crippen LogP contribution in [0, 0.1) is 5.92 Å². The summed E-state index contributed by atoms with van der Waals surface area (Å²) in [7, 11) is 0. The number of rotatable bonds is 6. The lowest BCUT2D eigenvalue weighted by Crippen LogP contribution is -2.42. The van der Waals surface area contributed by atoms with Crippen molar-refractivity contribution in [3.8, 4) is 0 Å². The van der Waals surface area contributed by atoms with E-state index in [1.54, 1.807) is 13.8 Å². The molecule has 0 fully saturated rings. The molecular weight excluding hydrogens is 254 g/mol. The van der Waals surface area contributed by atoms with Crippen molar-refractivity contribution in [3.05, 3.63) is 35.9 Å². The van der Waals surface area contributed by atoms with Crippen LogP contribution in [-0.2, 0) is 20.9 Å². The zero-order valence-corrected chi connectivity index (χ0v) is 11.1. The zero-order chi connectivity index (χ0) is 13.5. The Morgan fingerprint density at radius 3 is 2.39 bits per heavy atom. The molecule has 0 aliphatic rings. The van der Waals surface area contributed by atoms with Crippen molar-refractivity contribution < 1.29 is 14.3 Å². The summed E-state index contributed by atoms with van der Waals surface area (Å²) >= 11 is 5.41. The van der Waals surface area contributed by atoms with Gasteiger partial charge >= 0.3 is 5.97 Å². The second-order valence-corrected chi connectivity index (χ2v) is 4.41. The van der Waals surface area contributed by atoms with Crippen molar-refractivity contribution >= 4 is 23.5 Å². The average molecular weight is 270 g/mol. The van der Waals surface area contributed by atoms with E-state index in [1.807, 2.05) is 30.3 Å². The Morgan fingerprint density at radius 2 is 1.89 bits per heavy atom. The second kappa shape index (κ2) is 7.13. The van der Waals surface area contributed by atoms with Crippen LogP contribution in [0.25, 0.3) is 0 Å². The Labute approximate surface area is 111 Å². The molecule has 18 heavy (non-hydrogen) atoms. The molecule has 98 valence electrons. The van der Waals surface area contributed by atoms with E-state index in [0.29, 0.717) is 0 Å². The number of ketones is 1. The summed E-state index contributed by atoms with van der Waals surface area (Å²) < 4.78 is 5.05. The number of nitrogens with one attached hydrogen (secondary N) is 1. The van der Waals surface area contributed by atoms with Crippen LogP contribution in [0.5, 0.6) is 0 Å². The van der Waals surface area contributed by atoms with Gasteiger partial charge in [0.25, 0.3) is 0 Å². The number of hydrogen-bond acceptors (Lipinski definition) is 4. The zero-order valence-electron chi connectivity index (χ0n) is 10.4. The van der Waals surface area contributed by atoms with Gasteiger partial charge in [-0.2, -0.15) is 0 Å². The average Bonchev–Trinajstić information content (AvgIpc) is 2.38. The minimum Gasteiger partial charge on any atom is -0.459 e. The summed E-state index contributed by atoms with van der Waals surface area (Å²) in [6.45, 7) is 3.53. The summed E-state index contributed by atoms with van der Waals surface area (Å²) in [6.07, 6.45) is 0. The molecule has 0 aliphatic heterocycles. The highest BCUT2D eigenvalue weighted by atomic mass is 35.5. The Balaban J connectivity index is 2.56. The van der Waals surface area contributed by atoms with E-state index in [9.17, 15) is 9.59 Å². The summed E-state index contributed by atoms with van der Waals surface area (Å²) in [4.78, 5) is 25.5. The number of carbonyl (C=O) groups excluding carboxylic acids is 2. The molecule has 1 aromatic carbocycles. The molecular formula is C13H16ClNO3. The molecule has 1 aromatic rings. The van der Waals surface area contributed by atoms with E-state index >= 15 is 0 Å². The van der Waals surface area contributed by atoms with Crippen molar-refractivity contribution in [3.63, 3.8) is 0 Å². The molecule has 1 N–H and O–H groups in total. The van der Waals surface area contributed by atoms with E-state index in [1.165, 1.54) is 0 Å².